The molecular formula is C12H10BrN3O. The topological polar surface area (TPSA) is 56.5 Å². The molecule has 0 aromatic carbocycles. The fourth-order valence-electron chi connectivity index (χ4n) is 1.79. The van der Waals surface area contributed by atoms with Crippen LogP contribution in [0.15, 0.2) is 45.7 Å². The van der Waals surface area contributed by atoms with Crippen LogP contribution in [0.1, 0.15) is 5.56 Å². The number of halogens is 1. The predicted molar refractivity (Wildman–Crippen MR) is 68.5 cm³/mol. The Morgan fingerprint density at radius 1 is 1.35 bits per heavy atom. The molecule has 0 atom stereocenters. The van der Waals surface area contributed by atoms with Gasteiger partial charge in [0.2, 0.25) is 0 Å². The second-order valence-corrected chi connectivity index (χ2v) is 4.50. The Bertz CT molecular complexity index is 671. The van der Waals surface area contributed by atoms with E-state index in [2.05, 4.69) is 20.9 Å². The summed E-state index contributed by atoms with van der Waals surface area (Å²) in [5.74, 6) is 1.52. The number of hydrogen-bond acceptors (Lipinski definition) is 3. The highest BCUT2D eigenvalue weighted by Crippen LogP contribution is 2.25. The molecule has 0 radical (unpaired) electrons. The van der Waals surface area contributed by atoms with Crippen LogP contribution in [-0.4, -0.2) is 9.38 Å². The van der Waals surface area contributed by atoms with Gasteiger partial charge in [-0.3, -0.25) is 4.40 Å². The van der Waals surface area contributed by atoms with Crippen molar-refractivity contribution in [3.05, 3.63) is 46.9 Å². The molecule has 0 aliphatic heterocycles. The quantitative estimate of drug-likeness (QED) is 0.790. The lowest BCUT2D eigenvalue weighted by molar-refractivity contribution is 0.551. The van der Waals surface area contributed by atoms with Crippen molar-refractivity contribution in [2.24, 2.45) is 5.73 Å². The number of fused-ring (bicyclic) bond motifs is 1. The van der Waals surface area contributed by atoms with Gasteiger partial charge in [0, 0.05) is 12.7 Å². The Morgan fingerprint density at radius 2 is 2.24 bits per heavy atom. The van der Waals surface area contributed by atoms with Gasteiger partial charge in [0.1, 0.15) is 0 Å². The maximum atomic E-state index is 5.61. The Balaban J connectivity index is 2.18. The molecule has 0 aliphatic carbocycles. The van der Waals surface area contributed by atoms with Crippen molar-refractivity contribution in [3.63, 3.8) is 0 Å². The number of imidazole rings is 1. The molecule has 0 fully saturated rings. The monoisotopic (exact) mass is 291 g/mol. The Labute approximate surface area is 106 Å². The third-order valence-electron chi connectivity index (χ3n) is 2.63. The zero-order valence-corrected chi connectivity index (χ0v) is 10.5. The molecule has 0 spiro atoms. The highest BCUT2D eigenvalue weighted by atomic mass is 79.9. The molecule has 3 aromatic heterocycles. The molecular weight excluding hydrogens is 282 g/mol. The number of hydrogen-bond donors (Lipinski definition) is 1. The summed E-state index contributed by atoms with van der Waals surface area (Å²) in [5, 5.41) is 0. The standard InChI is InChI=1S/C12H10BrN3O/c13-11-2-1-10(17-11)12-15-7-9-5-8(6-14)3-4-16(9)12/h1-5,7H,6,14H2. The maximum absolute atomic E-state index is 5.61. The maximum Gasteiger partial charge on any atom is 0.180 e. The van der Waals surface area contributed by atoms with Crippen LogP contribution in [0.5, 0.6) is 0 Å². The lowest BCUT2D eigenvalue weighted by Gasteiger charge is -2.00. The van der Waals surface area contributed by atoms with Crippen molar-refractivity contribution in [2.75, 3.05) is 0 Å². The SMILES string of the molecule is NCc1ccn2c(-c3ccc(Br)o3)ncc2c1. The molecule has 86 valence electrons. The molecule has 5 heteroatoms. The van der Waals surface area contributed by atoms with Crippen molar-refractivity contribution in [3.8, 4) is 11.6 Å². The molecule has 4 nitrogen and oxygen atoms in total. The molecule has 2 N–H and O–H groups in total. The number of nitrogens with two attached hydrogens (primary N) is 1. The molecule has 0 amide bonds. The summed E-state index contributed by atoms with van der Waals surface area (Å²) < 4.78 is 8.17. The molecule has 0 bridgehead atoms. The fourth-order valence-corrected chi connectivity index (χ4v) is 2.10. The van der Waals surface area contributed by atoms with Gasteiger partial charge in [-0.15, -0.1) is 0 Å². The van der Waals surface area contributed by atoms with Gasteiger partial charge in [-0.05, 0) is 45.8 Å². The minimum absolute atomic E-state index is 0.531. The highest BCUT2D eigenvalue weighted by Gasteiger charge is 2.10. The largest absolute Gasteiger partial charge is 0.446 e. The van der Waals surface area contributed by atoms with Gasteiger partial charge in [-0.1, -0.05) is 0 Å². The van der Waals surface area contributed by atoms with Crippen LogP contribution in [-0.2, 0) is 6.54 Å². The summed E-state index contributed by atoms with van der Waals surface area (Å²) >= 11 is 3.28. The van der Waals surface area contributed by atoms with Crippen LogP contribution in [0.2, 0.25) is 0 Å². The highest BCUT2D eigenvalue weighted by molar-refractivity contribution is 9.10. The smallest absolute Gasteiger partial charge is 0.180 e. The predicted octanol–water partition coefficient (Wildman–Crippen LogP) is 2.82. The van der Waals surface area contributed by atoms with Crippen molar-refractivity contribution in [1.29, 1.82) is 0 Å². The minimum atomic E-state index is 0.531. The first-order valence-corrected chi connectivity index (χ1v) is 5.99. The van der Waals surface area contributed by atoms with Gasteiger partial charge < -0.3 is 10.2 Å². The van der Waals surface area contributed by atoms with Gasteiger partial charge in [-0.2, -0.15) is 0 Å². The molecule has 17 heavy (non-hydrogen) atoms. The van der Waals surface area contributed by atoms with Crippen LogP contribution < -0.4 is 5.73 Å². The first-order valence-electron chi connectivity index (χ1n) is 5.19. The first kappa shape index (κ1) is 10.6. The van der Waals surface area contributed by atoms with E-state index in [0.29, 0.717) is 11.2 Å². The number of pyridine rings is 1. The van der Waals surface area contributed by atoms with Crippen molar-refractivity contribution in [1.82, 2.24) is 9.38 Å². The molecule has 3 rings (SSSR count). The average Bonchev–Trinajstić information content (AvgIpc) is 2.93. The normalized spacial score (nSPS) is 11.2. The second-order valence-electron chi connectivity index (χ2n) is 3.72. The summed E-state index contributed by atoms with van der Waals surface area (Å²) in [6, 6.07) is 7.74. The summed E-state index contributed by atoms with van der Waals surface area (Å²) in [6.45, 7) is 0.531. The van der Waals surface area contributed by atoms with Gasteiger partial charge in [0.05, 0.1) is 11.7 Å². The van der Waals surface area contributed by atoms with Gasteiger partial charge >= 0.3 is 0 Å². The molecule has 0 unspecified atom stereocenters. The first-order chi connectivity index (χ1) is 8.28. The van der Waals surface area contributed by atoms with Crippen LogP contribution in [0.25, 0.3) is 17.1 Å². The van der Waals surface area contributed by atoms with E-state index in [1.165, 1.54) is 0 Å². The minimum Gasteiger partial charge on any atom is -0.446 e. The van der Waals surface area contributed by atoms with Crippen LogP contribution in [0.3, 0.4) is 0 Å². The molecule has 0 saturated carbocycles. The van der Waals surface area contributed by atoms with E-state index in [1.807, 2.05) is 41.1 Å². The summed E-state index contributed by atoms with van der Waals surface area (Å²) in [5.41, 5.74) is 7.70. The van der Waals surface area contributed by atoms with Crippen LogP contribution in [0.4, 0.5) is 0 Å². The van der Waals surface area contributed by atoms with E-state index in [0.717, 1.165) is 22.7 Å². The number of aromatic nitrogens is 2. The second kappa shape index (κ2) is 4.01. The fraction of sp³-hybridized carbons (Fsp3) is 0.0833. The molecule has 3 heterocycles. The zero-order chi connectivity index (χ0) is 11.8. The Kier molecular flexibility index (Phi) is 2.49. The molecule has 3 aromatic rings. The summed E-state index contributed by atoms with van der Waals surface area (Å²) in [6.07, 6.45) is 3.77. The number of furan rings is 1. The van der Waals surface area contributed by atoms with E-state index < -0.39 is 0 Å². The lowest BCUT2D eigenvalue weighted by atomic mass is 10.2. The van der Waals surface area contributed by atoms with Crippen molar-refractivity contribution < 1.29 is 4.42 Å². The van der Waals surface area contributed by atoms with Gasteiger partial charge in [-0.25, -0.2) is 4.98 Å². The van der Waals surface area contributed by atoms with E-state index >= 15 is 0 Å². The third-order valence-corrected chi connectivity index (χ3v) is 3.05. The van der Waals surface area contributed by atoms with Gasteiger partial charge in [0.25, 0.3) is 0 Å². The van der Waals surface area contributed by atoms with Crippen molar-refractivity contribution in [2.45, 2.75) is 6.54 Å². The van der Waals surface area contributed by atoms with Crippen LogP contribution in [0, 0.1) is 0 Å². The average molecular weight is 292 g/mol. The molecule has 0 saturated heterocycles. The van der Waals surface area contributed by atoms with Gasteiger partial charge in [0.15, 0.2) is 16.3 Å². The van der Waals surface area contributed by atoms with E-state index in [1.54, 1.807) is 0 Å². The van der Waals surface area contributed by atoms with Crippen LogP contribution >= 0.6 is 15.9 Å². The Hall–Kier alpha value is -1.59. The van der Waals surface area contributed by atoms with E-state index in [4.69, 9.17) is 10.2 Å². The third kappa shape index (κ3) is 1.77. The lowest BCUT2D eigenvalue weighted by Crippen LogP contribution is -1.97. The van der Waals surface area contributed by atoms with E-state index in [-0.39, 0.29) is 0 Å². The number of nitrogens with zero attached hydrogens (tertiary/aromatic N) is 2. The Morgan fingerprint density at radius 3 is 2.94 bits per heavy atom. The summed E-state index contributed by atoms with van der Waals surface area (Å²) in [7, 11) is 0. The summed E-state index contributed by atoms with van der Waals surface area (Å²) in [4.78, 5) is 4.36. The zero-order valence-electron chi connectivity index (χ0n) is 8.93. The van der Waals surface area contributed by atoms with Crippen molar-refractivity contribution >= 4 is 21.4 Å². The van der Waals surface area contributed by atoms with E-state index in [9.17, 15) is 0 Å². The number of rotatable bonds is 2. The molecule has 0 aliphatic rings.